The molecule has 4 nitrogen and oxygen atoms in total. The van der Waals surface area contributed by atoms with Crippen LogP contribution in [0, 0.1) is 0 Å². The molecule has 0 radical (unpaired) electrons. The molecule has 1 unspecified atom stereocenters. The first-order valence-electron chi connectivity index (χ1n) is 5.16. The largest absolute Gasteiger partial charge is 0.419 e. The molecular formula is C10H12BrF3N2O2S. The van der Waals surface area contributed by atoms with E-state index in [0.29, 0.717) is 0 Å². The number of pyridine rings is 1. The number of anilines is 1. The Hall–Kier alpha value is -0.830. The van der Waals surface area contributed by atoms with Crippen molar-refractivity contribution in [2.45, 2.75) is 19.1 Å². The summed E-state index contributed by atoms with van der Waals surface area (Å²) in [7, 11) is -3.28. The van der Waals surface area contributed by atoms with Crippen LogP contribution in [0.15, 0.2) is 16.7 Å². The van der Waals surface area contributed by atoms with Gasteiger partial charge >= 0.3 is 6.18 Å². The summed E-state index contributed by atoms with van der Waals surface area (Å²) in [5, 5.41) is 2.47. The molecule has 0 saturated heterocycles. The molecule has 0 aliphatic carbocycles. The third-order valence-corrected chi connectivity index (χ3v) is 3.63. The maximum atomic E-state index is 12.8. The summed E-state index contributed by atoms with van der Waals surface area (Å²) < 4.78 is 60.7. The van der Waals surface area contributed by atoms with E-state index in [4.69, 9.17) is 0 Å². The van der Waals surface area contributed by atoms with Gasteiger partial charge in [-0.05, 0) is 28.9 Å². The highest BCUT2D eigenvalue weighted by Gasteiger charge is 2.35. The van der Waals surface area contributed by atoms with Crippen molar-refractivity contribution in [2.75, 3.05) is 17.3 Å². The lowest BCUT2D eigenvalue weighted by Gasteiger charge is -2.18. The van der Waals surface area contributed by atoms with Gasteiger partial charge in [-0.3, -0.25) is 0 Å². The summed E-state index contributed by atoms with van der Waals surface area (Å²) >= 11 is 2.92. The fourth-order valence-electron chi connectivity index (χ4n) is 1.50. The van der Waals surface area contributed by atoms with Gasteiger partial charge in [0.05, 0.1) is 11.3 Å². The summed E-state index contributed by atoms with van der Waals surface area (Å²) in [5.41, 5.74) is -0.942. The molecule has 1 aromatic heterocycles. The van der Waals surface area contributed by atoms with E-state index in [0.717, 1.165) is 12.3 Å². The van der Waals surface area contributed by atoms with Crippen LogP contribution in [-0.2, 0) is 16.0 Å². The molecule has 1 atom stereocenters. The molecule has 0 saturated carbocycles. The average Bonchev–Trinajstić information content (AvgIpc) is 2.16. The normalized spacial score (nSPS) is 14.2. The monoisotopic (exact) mass is 360 g/mol. The number of nitrogens with one attached hydrogen (secondary N) is 1. The van der Waals surface area contributed by atoms with Gasteiger partial charge in [0.2, 0.25) is 0 Å². The van der Waals surface area contributed by atoms with Crippen LogP contribution in [0.1, 0.15) is 12.5 Å². The van der Waals surface area contributed by atoms with Gasteiger partial charge in [0.25, 0.3) is 0 Å². The third-order valence-electron chi connectivity index (χ3n) is 2.10. The third kappa shape index (κ3) is 5.35. The second kappa shape index (κ2) is 5.66. The van der Waals surface area contributed by atoms with Crippen LogP contribution < -0.4 is 5.32 Å². The average molecular weight is 361 g/mol. The van der Waals surface area contributed by atoms with Crippen LogP contribution in [0.4, 0.5) is 19.0 Å². The molecule has 0 aliphatic rings. The highest BCUT2D eigenvalue weighted by atomic mass is 79.9. The number of sulfone groups is 1. The second-order valence-electron chi connectivity index (χ2n) is 4.19. The molecule has 108 valence electrons. The van der Waals surface area contributed by atoms with Crippen LogP contribution in [0.2, 0.25) is 0 Å². The van der Waals surface area contributed by atoms with Gasteiger partial charge < -0.3 is 5.32 Å². The number of alkyl halides is 3. The lowest BCUT2D eigenvalue weighted by molar-refractivity contribution is -0.137. The Balaban J connectivity index is 3.02. The van der Waals surface area contributed by atoms with Crippen molar-refractivity contribution in [1.82, 2.24) is 4.98 Å². The van der Waals surface area contributed by atoms with Crippen molar-refractivity contribution in [1.29, 1.82) is 0 Å². The van der Waals surface area contributed by atoms with Crippen LogP contribution >= 0.6 is 15.9 Å². The zero-order chi connectivity index (χ0) is 14.8. The minimum atomic E-state index is -4.57. The van der Waals surface area contributed by atoms with Crippen molar-refractivity contribution in [3.63, 3.8) is 0 Å². The van der Waals surface area contributed by atoms with Crippen molar-refractivity contribution in [2.24, 2.45) is 0 Å². The Bertz CT molecular complexity index is 560. The van der Waals surface area contributed by atoms with Crippen LogP contribution in [0.25, 0.3) is 0 Å². The van der Waals surface area contributed by atoms with E-state index in [-0.39, 0.29) is 16.0 Å². The molecule has 0 bridgehead atoms. The van der Waals surface area contributed by atoms with Gasteiger partial charge in [-0.2, -0.15) is 13.2 Å². The molecule has 0 amide bonds. The topological polar surface area (TPSA) is 59.1 Å². The molecule has 1 aromatic rings. The molecule has 19 heavy (non-hydrogen) atoms. The Morgan fingerprint density at radius 1 is 1.47 bits per heavy atom. The standard InChI is InChI=1S/C10H12BrF3N2O2S/c1-6(5-19(2,17)18)16-9-8(10(12,13)14)3-7(11)4-15-9/h3-4,6H,5H2,1-2H3,(H,15,16). The number of rotatable bonds is 4. The van der Waals surface area contributed by atoms with E-state index < -0.39 is 27.6 Å². The van der Waals surface area contributed by atoms with Crippen LogP contribution in [0.5, 0.6) is 0 Å². The Morgan fingerprint density at radius 2 is 2.05 bits per heavy atom. The summed E-state index contributed by atoms with van der Waals surface area (Å²) in [6.45, 7) is 1.48. The number of hydrogen-bond donors (Lipinski definition) is 1. The maximum absolute atomic E-state index is 12.8. The van der Waals surface area contributed by atoms with Crippen LogP contribution in [0.3, 0.4) is 0 Å². The second-order valence-corrected chi connectivity index (χ2v) is 7.29. The molecule has 0 aliphatic heterocycles. The number of aromatic nitrogens is 1. The fraction of sp³-hybridized carbons (Fsp3) is 0.500. The van der Waals surface area contributed by atoms with Crippen molar-refractivity contribution in [3.05, 3.63) is 22.3 Å². The van der Waals surface area contributed by atoms with E-state index in [1.54, 1.807) is 0 Å². The van der Waals surface area contributed by atoms with Gasteiger partial charge in [0, 0.05) is 23.0 Å². The number of hydrogen-bond acceptors (Lipinski definition) is 4. The van der Waals surface area contributed by atoms with E-state index in [9.17, 15) is 21.6 Å². The van der Waals surface area contributed by atoms with E-state index in [1.165, 1.54) is 13.1 Å². The first-order chi connectivity index (χ1) is 8.49. The lowest BCUT2D eigenvalue weighted by Crippen LogP contribution is -2.27. The minimum Gasteiger partial charge on any atom is -0.366 e. The Labute approximate surface area is 117 Å². The Morgan fingerprint density at radius 3 is 2.53 bits per heavy atom. The van der Waals surface area contributed by atoms with Crippen molar-refractivity contribution in [3.8, 4) is 0 Å². The van der Waals surface area contributed by atoms with Gasteiger partial charge in [-0.15, -0.1) is 0 Å². The number of nitrogens with zero attached hydrogens (tertiary/aromatic N) is 1. The summed E-state index contributed by atoms with van der Waals surface area (Å²) in [5.74, 6) is -0.658. The number of halogens is 4. The molecular weight excluding hydrogens is 349 g/mol. The molecule has 0 aromatic carbocycles. The summed E-state index contributed by atoms with van der Waals surface area (Å²) in [4.78, 5) is 3.64. The molecule has 1 N–H and O–H groups in total. The predicted octanol–water partition coefficient (Wildman–Crippen LogP) is 2.71. The predicted molar refractivity (Wildman–Crippen MR) is 69.7 cm³/mol. The van der Waals surface area contributed by atoms with Crippen molar-refractivity contribution >= 4 is 31.6 Å². The summed E-state index contributed by atoms with van der Waals surface area (Å²) in [6, 6.07) is 0.215. The highest BCUT2D eigenvalue weighted by Crippen LogP contribution is 2.35. The Kier molecular flexibility index (Phi) is 4.83. The SMILES string of the molecule is CC(CS(C)(=O)=O)Nc1ncc(Br)cc1C(F)(F)F. The van der Waals surface area contributed by atoms with E-state index >= 15 is 0 Å². The quantitative estimate of drug-likeness (QED) is 0.896. The lowest BCUT2D eigenvalue weighted by atomic mass is 10.2. The maximum Gasteiger partial charge on any atom is 0.419 e. The smallest absolute Gasteiger partial charge is 0.366 e. The highest BCUT2D eigenvalue weighted by molar-refractivity contribution is 9.10. The fourth-order valence-corrected chi connectivity index (χ4v) is 2.82. The van der Waals surface area contributed by atoms with Gasteiger partial charge in [-0.1, -0.05) is 0 Å². The minimum absolute atomic E-state index is 0.196. The van der Waals surface area contributed by atoms with Crippen molar-refractivity contribution < 1.29 is 21.6 Å². The van der Waals surface area contributed by atoms with E-state index in [2.05, 4.69) is 26.2 Å². The van der Waals surface area contributed by atoms with Gasteiger partial charge in [0.15, 0.2) is 0 Å². The zero-order valence-corrected chi connectivity index (χ0v) is 12.5. The molecule has 0 spiro atoms. The first kappa shape index (κ1) is 16.2. The summed E-state index contributed by atoms with van der Waals surface area (Å²) in [6.07, 6.45) is -2.33. The van der Waals surface area contributed by atoms with Gasteiger partial charge in [-0.25, -0.2) is 13.4 Å². The van der Waals surface area contributed by atoms with Crippen LogP contribution in [-0.4, -0.2) is 31.5 Å². The molecule has 1 heterocycles. The van der Waals surface area contributed by atoms with Gasteiger partial charge in [0.1, 0.15) is 15.7 Å². The van der Waals surface area contributed by atoms with E-state index in [1.807, 2.05) is 0 Å². The molecule has 0 fully saturated rings. The molecule has 9 heteroatoms. The first-order valence-corrected chi connectivity index (χ1v) is 8.01. The molecule has 1 rings (SSSR count). The zero-order valence-electron chi connectivity index (χ0n) is 10.1.